The van der Waals surface area contributed by atoms with E-state index in [0.29, 0.717) is 29.1 Å². The van der Waals surface area contributed by atoms with Crippen molar-refractivity contribution in [1.29, 1.82) is 0 Å². The van der Waals surface area contributed by atoms with Gasteiger partial charge in [-0.2, -0.15) is 0 Å². The van der Waals surface area contributed by atoms with Crippen molar-refractivity contribution in [1.82, 2.24) is 9.55 Å². The average molecular weight is 403 g/mol. The molecule has 3 rings (SSSR count). The lowest BCUT2D eigenvalue weighted by molar-refractivity contribution is 0.364. The van der Waals surface area contributed by atoms with Crippen LogP contribution in [0.2, 0.25) is 0 Å². The second kappa shape index (κ2) is 5.56. The average Bonchev–Trinajstić information content (AvgIpc) is 2.56. The van der Waals surface area contributed by atoms with E-state index in [1.165, 1.54) is 16.8 Å². The Morgan fingerprint density at radius 1 is 0.963 bits per heavy atom. The number of nitrogens with zero attached hydrogens (tertiary/aromatic N) is 2. The van der Waals surface area contributed by atoms with E-state index in [1.807, 2.05) is 0 Å². The molecule has 0 aliphatic heterocycles. The van der Waals surface area contributed by atoms with Crippen LogP contribution in [-0.4, -0.2) is 9.55 Å². The third-order valence-corrected chi connectivity index (χ3v) is 4.93. The Balaban J connectivity index is 1.96. The molecular weight excluding hydrogens is 389 g/mol. The first-order valence-electron chi connectivity index (χ1n) is 7.57. The molecule has 0 saturated carbocycles. The highest BCUT2D eigenvalue weighted by molar-refractivity contribution is 8.45. The summed E-state index contributed by atoms with van der Waals surface area (Å²) in [7, 11) is -8.13. The first kappa shape index (κ1) is 18.9. The molecule has 144 valence electrons. The van der Waals surface area contributed by atoms with Crippen LogP contribution in [0.25, 0.3) is 11.1 Å². The van der Waals surface area contributed by atoms with Crippen LogP contribution in [0.15, 0.2) is 70.6 Å². The minimum atomic E-state index is -9.71. The van der Waals surface area contributed by atoms with Crippen molar-refractivity contribution in [2.45, 2.75) is 4.90 Å². The van der Waals surface area contributed by atoms with Crippen molar-refractivity contribution in [3.05, 3.63) is 71.3 Å². The Kier molecular flexibility index (Phi) is 3.89. The van der Waals surface area contributed by atoms with Crippen LogP contribution in [0.5, 0.6) is 0 Å². The van der Waals surface area contributed by atoms with Gasteiger partial charge < -0.3 is 9.88 Å². The van der Waals surface area contributed by atoms with Crippen LogP contribution < -0.4 is 10.9 Å². The van der Waals surface area contributed by atoms with Crippen LogP contribution in [-0.2, 0) is 7.05 Å². The molecular formula is C17H14F5N3OS. The summed E-state index contributed by atoms with van der Waals surface area (Å²) in [6.07, 6.45) is 3.05. The molecule has 27 heavy (non-hydrogen) atoms. The molecule has 2 heterocycles. The van der Waals surface area contributed by atoms with Gasteiger partial charge in [0.25, 0.3) is 0 Å². The molecule has 0 saturated heterocycles. The van der Waals surface area contributed by atoms with E-state index in [4.69, 9.17) is 0 Å². The summed E-state index contributed by atoms with van der Waals surface area (Å²) in [5.41, 5.74) is 1.19. The number of benzene rings is 1. The zero-order valence-electron chi connectivity index (χ0n) is 13.9. The zero-order chi connectivity index (χ0) is 19.9. The molecule has 0 aliphatic rings. The van der Waals surface area contributed by atoms with Crippen molar-refractivity contribution in [2.24, 2.45) is 7.05 Å². The minimum Gasteiger partial charge on any atom is -0.340 e. The Morgan fingerprint density at radius 3 is 2.22 bits per heavy atom. The second-order valence-corrected chi connectivity index (χ2v) is 8.29. The fourth-order valence-electron chi connectivity index (χ4n) is 2.42. The number of aryl methyl sites for hydroxylation is 1. The van der Waals surface area contributed by atoms with Gasteiger partial charge in [-0.1, -0.05) is 19.4 Å². The predicted octanol–water partition coefficient (Wildman–Crippen LogP) is 5.85. The van der Waals surface area contributed by atoms with Crippen molar-refractivity contribution >= 4 is 21.7 Å². The monoisotopic (exact) mass is 403 g/mol. The van der Waals surface area contributed by atoms with Crippen molar-refractivity contribution in [2.75, 3.05) is 5.32 Å². The molecule has 1 aromatic carbocycles. The molecule has 0 unspecified atom stereocenters. The smallest absolute Gasteiger partial charge is 0.310 e. The van der Waals surface area contributed by atoms with Gasteiger partial charge in [0, 0.05) is 42.3 Å². The summed E-state index contributed by atoms with van der Waals surface area (Å²) in [4.78, 5) is 13.7. The quantitative estimate of drug-likeness (QED) is 0.556. The molecule has 4 nitrogen and oxygen atoms in total. The van der Waals surface area contributed by atoms with Crippen LogP contribution in [0.4, 0.5) is 30.9 Å². The maximum Gasteiger partial charge on any atom is 0.310 e. The van der Waals surface area contributed by atoms with Crippen molar-refractivity contribution < 1.29 is 19.4 Å². The molecule has 0 atom stereocenters. The van der Waals surface area contributed by atoms with Gasteiger partial charge in [-0.15, -0.1) is 0 Å². The van der Waals surface area contributed by atoms with Gasteiger partial charge in [0.15, 0.2) is 0 Å². The van der Waals surface area contributed by atoms with Gasteiger partial charge in [0.05, 0.1) is 0 Å². The van der Waals surface area contributed by atoms with Gasteiger partial charge in [-0.3, -0.25) is 4.79 Å². The predicted molar refractivity (Wildman–Crippen MR) is 96.0 cm³/mol. The van der Waals surface area contributed by atoms with E-state index in [9.17, 15) is 24.2 Å². The maximum absolute atomic E-state index is 12.8. The van der Waals surface area contributed by atoms with Gasteiger partial charge in [-0.05, 0) is 42.5 Å². The molecule has 1 N–H and O–H groups in total. The Hall–Kier alpha value is -2.88. The standard InChI is InChI=1S/C17H14F5N3OS/c1-25-11-12(4-9-16(25)26)15-3-2-10-23-17(15)24-13-5-7-14(8-6-13)27(18,19,20,21)22/h2-11H,1H3,(H,23,24). The number of anilines is 2. The summed E-state index contributed by atoms with van der Waals surface area (Å²) in [5.74, 6) is 0.302. The van der Waals surface area contributed by atoms with Gasteiger partial charge in [-0.25, -0.2) is 4.98 Å². The zero-order valence-corrected chi connectivity index (χ0v) is 14.7. The Morgan fingerprint density at radius 2 is 1.63 bits per heavy atom. The number of aromatic nitrogens is 2. The normalized spacial score (nSPS) is 14.3. The number of halogens is 5. The van der Waals surface area contributed by atoms with E-state index in [-0.39, 0.29) is 11.2 Å². The first-order valence-corrected chi connectivity index (χ1v) is 9.52. The van der Waals surface area contributed by atoms with Crippen LogP contribution in [0, 0.1) is 0 Å². The molecule has 0 radical (unpaired) electrons. The SMILES string of the molecule is Cn1cc(-c2cccnc2Nc2ccc(S(F)(F)(F)(F)F)cc2)ccc1=O. The van der Waals surface area contributed by atoms with E-state index in [0.717, 1.165) is 12.1 Å². The second-order valence-electron chi connectivity index (χ2n) is 5.88. The fourth-order valence-corrected chi connectivity index (χ4v) is 3.07. The third-order valence-electron chi connectivity index (χ3n) is 3.77. The van der Waals surface area contributed by atoms with Gasteiger partial charge in [0.2, 0.25) is 5.56 Å². The van der Waals surface area contributed by atoms with Crippen LogP contribution >= 0.6 is 10.2 Å². The third kappa shape index (κ3) is 4.27. The van der Waals surface area contributed by atoms with E-state index >= 15 is 0 Å². The fraction of sp³-hybridized carbons (Fsp3) is 0.0588. The lowest BCUT2D eigenvalue weighted by atomic mass is 10.1. The number of rotatable bonds is 4. The Labute approximate surface area is 151 Å². The lowest BCUT2D eigenvalue weighted by Gasteiger charge is -2.40. The highest BCUT2D eigenvalue weighted by atomic mass is 32.5. The first-order chi connectivity index (χ1) is 12.3. The lowest BCUT2D eigenvalue weighted by Crippen LogP contribution is -2.14. The highest BCUT2D eigenvalue weighted by Crippen LogP contribution is 3.02. The van der Waals surface area contributed by atoms with Crippen molar-refractivity contribution in [3.8, 4) is 11.1 Å². The summed E-state index contributed by atoms with van der Waals surface area (Å²) in [6, 6.07) is 8.80. The molecule has 10 heteroatoms. The molecule has 0 amide bonds. The summed E-state index contributed by atoms with van der Waals surface area (Å²) in [6.45, 7) is 0. The number of nitrogens with one attached hydrogen (secondary N) is 1. The molecule has 0 spiro atoms. The number of hydrogen-bond acceptors (Lipinski definition) is 3. The van der Waals surface area contributed by atoms with Crippen LogP contribution in [0.3, 0.4) is 0 Å². The maximum atomic E-state index is 12.8. The van der Waals surface area contributed by atoms with Crippen molar-refractivity contribution in [3.63, 3.8) is 0 Å². The minimum absolute atomic E-state index is 0.158. The molecule has 2 aromatic heterocycles. The van der Waals surface area contributed by atoms with E-state index < -0.39 is 15.1 Å². The molecule has 3 aromatic rings. The Bertz CT molecular complexity index is 1060. The van der Waals surface area contributed by atoms with E-state index in [2.05, 4.69) is 10.3 Å². The van der Waals surface area contributed by atoms with E-state index in [1.54, 1.807) is 31.4 Å². The van der Waals surface area contributed by atoms with Gasteiger partial charge >= 0.3 is 10.2 Å². The molecule has 0 bridgehead atoms. The highest BCUT2D eigenvalue weighted by Gasteiger charge is 2.65. The number of hydrogen-bond donors (Lipinski definition) is 1. The summed E-state index contributed by atoms with van der Waals surface area (Å²) < 4.78 is 65.4. The van der Waals surface area contributed by atoms with Gasteiger partial charge in [0.1, 0.15) is 10.7 Å². The van der Waals surface area contributed by atoms with Crippen LogP contribution in [0.1, 0.15) is 0 Å². The molecule has 0 fully saturated rings. The topological polar surface area (TPSA) is 46.9 Å². The summed E-state index contributed by atoms with van der Waals surface area (Å²) in [5, 5.41) is 2.81. The number of pyridine rings is 2. The summed E-state index contributed by atoms with van der Waals surface area (Å²) >= 11 is 0. The largest absolute Gasteiger partial charge is 0.340 e. The molecule has 0 aliphatic carbocycles.